The normalized spacial score (nSPS) is 9.93. The van der Waals surface area contributed by atoms with E-state index in [9.17, 15) is 4.79 Å². The Morgan fingerprint density at radius 2 is 2.21 bits per heavy atom. The largest absolute Gasteiger partial charge is 0.495 e. The van der Waals surface area contributed by atoms with Gasteiger partial charge >= 0.3 is 0 Å². The molecule has 0 fully saturated rings. The van der Waals surface area contributed by atoms with Gasteiger partial charge in [-0.25, -0.2) is 0 Å². The molecule has 0 unspecified atom stereocenters. The molecule has 0 radical (unpaired) electrons. The van der Waals surface area contributed by atoms with Crippen LogP contribution in [0, 0.1) is 0 Å². The van der Waals surface area contributed by atoms with Gasteiger partial charge in [-0.3, -0.25) is 4.79 Å². The number of rotatable bonds is 4. The summed E-state index contributed by atoms with van der Waals surface area (Å²) in [5.41, 5.74) is 0.566. The van der Waals surface area contributed by atoms with Crippen LogP contribution < -0.4 is 4.74 Å². The average Bonchev–Trinajstić information content (AvgIpc) is 2.18. The lowest BCUT2D eigenvalue weighted by Crippen LogP contribution is -1.99. The highest BCUT2D eigenvalue weighted by atomic mass is 35.5. The number of ether oxygens (including phenoxy) is 1. The van der Waals surface area contributed by atoms with Crippen LogP contribution in [0.4, 0.5) is 0 Å². The van der Waals surface area contributed by atoms with Gasteiger partial charge in [-0.2, -0.15) is 0 Å². The van der Waals surface area contributed by atoms with E-state index in [1.165, 1.54) is 7.11 Å². The third-order valence-electron chi connectivity index (χ3n) is 1.80. The van der Waals surface area contributed by atoms with E-state index < -0.39 is 0 Å². The number of Topliss-reactive ketones (excluding diaryl/α,β-unsaturated/α-hetero) is 1. The fourth-order valence-corrected chi connectivity index (χ4v) is 1.50. The summed E-state index contributed by atoms with van der Waals surface area (Å²) in [7, 11) is 1.53. The zero-order valence-electron chi connectivity index (χ0n) is 7.72. The van der Waals surface area contributed by atoms with Crippen LogP contribution in [0.25, 0.3) is 0 Å². The van der Waals surface area contributed by atoms with Gasteiger partial charge in [-0.1, -0.05) is 11.6 Å². The molecule has 0 amide bonds. The summed E-state index contributed by atoms with van der Waals surface area (Å²) in [5, 5.41) is 0.438. The first-order valence-corrected chi connectivity index (χ1v) is 5.03. The van der Waals surface area contributed by atoms with Crippen LogP contribution in [-0.2, 0) is 0 Å². The quantitative estimate of drug-likeness (QED) is 0.589. The first-order chi connectivity index (χ1) is 6.69. The van der Waals surface area contributed by atoms with Crippen molar-refractivity contribution in [1.82, 2.24) is 0 Å². The van der Waals surface area contributed by atoms with Gasteiger partial charge in [-0.05, 0) is 18.2 Å². The highest BCUT2D eigenvalue weighted by molar-refractivity contribution is 6.32. The van der Waals surface area contributed by atoms with Crippen LogP contribution >= 0.6 is 23.2 Å². The first kappa shape index (κ1) is 11.3. The van der Waals surface area contributed by atoms with Crippen molar-refractivity contribution < 1.29 is 9.53 Å². The Hall–Kier alpha value is -0.730. The van der Waals surface area contributed by atoms with E-state index in [2.05, 4.69) is 0 Å². The van der Waals surface area contributed by atoms with E-state index in [-0.39, 0.29) is 5.78 Å². The average molecular weight is 233 g/mol. The maximum Gasteiger partial charge on any atom is 0.164 e. The van der Waals surface area contributed by atoms with E-state index in [0.717, 1.165) is 0 Å². The van der Waals surface area contributed by atoms with Crippen LogP contribution in [0.15, 0.2) is 18.2 Å². The lowest BCUT2D eigenvalue weighted by Gasteiger charge is -2.04. The molecule has 14 heavy (non-hydrogen) atoms. The number of alkyl halides is 1. The Bertz CT molecular complexity index is 337. The number of benzene rings is 1. The number of methoxy groups -OCH3 is 1. The predicted octanol–water partition coefficient (Wildman–Crippen LogP) is 3.16. The van der Waals surface area contributed by atoms with Gasteiger partial charge in [0.05, 0.1) is 12.1 Å². The van der Waals surface area contributed by atoms with Crippen LogP contribution in [0.5, 0.6) is 5.75 Å². The zero-order valence-corrected chi connectivity index (χ0v) is 9.23. The monoisotopic (exact) mass is 232 g/mol. The van der Waals surface area contributed by atoms with Crippen LogP contribution in [-0.4, -0.2) is 18.8 Å². The fourth-order valence-electron chi connectivity index (χ4n) is 1.07. The van der Waals surface area contributed by atoms with Gasteiger partial charge in [0.2, 0.25) is 0 Å². The minimum absolute atomic E-state index is 0.00967. The van der Waals surface area contributed by atoms with Gasteiger partial charge in [0.15, 0.2) is 5.78 Å². The molecule has 0 heterocycles. The van der Waals surface area contributed by atoms with Gasteiger partial charge < -0.3 is 4.74 Å². The molecule has 0 aliphatic carbocycles. The van der Waals surface area contributed by atoms with Crippen LogP contribution in [0.1, 0.15) is 16.8 Å². The summed E-state index contributed by atoms with van der Waals surface area (Å²) in [6.45, 7) is 0. The number of carbonyl (C=O) groups excluding carboxylic acids is 1. The molecule has 4 heteroatoms. The summed E-state index contributed by atoms with van der Waals surface area (Å²) in [5.74, 6) is 0.876. The minimum atomic E-state index is -0.00967. The summed E-state index contributed by atoms with van der Waals surface area (Å²) < 4.78 is 4.97. The highest BCUT2D eigenvalue weighted by Crippen LogP contribution is 2.25. The number of carbonyl (C=O) groups is 1. The number of hydrogen-bond donors (Lipinski definition) is 0. The second kappa shape index (κ2) is 5.23. The second-order valence-electron chi connectivity index (χ2n) is 2.71. The molecule has 1 rings (SSSR count). The summed E-state index contributed by atoms with van der Waals surface area (Å²) in [6, 6.07) is 4.94. The molecule has 1 aromatic carbocycles. The standard InChI is InChI=1S/C10H10Cl2O2/c1-14-10-3-2-7(6-8(10)12)9(13)4-5-11/h2-3,6H,4-5H2,1H3. The van der Waals surface area contributed by atoms with Gasteiger partial charge in [0.25, 0.3) is 0 Å². The third kappa shape index (κ3) is 2.63. The lowest BCUT2D eigenvalue weighted by molar-refractivity contribution is 0.0989. The summed E-state index contributed by atoms with van der Waals surface area (Å²) in [4.78, 5) is 11.4. The maximum atomic E-state index is 11.4. The van der Waals surface area contributed by atoms with Gasteiger partial charge in [0.1, 0.15) is 5.75 Å². The smallest absolute Gasteiger partial charge is 0.164 e. The molecule has 0 saturated heterocycles. The molecule has 0 aliphatic heterocycles. The second-order valence-corrected chi connectivity index (χ2v) is 3.50. The lowest BCUT2D eigenvalue weighted by atomic mass is 10.1. The topological polar surface area (TPSA) is 26.3 Å². The Balaban J connectivity index is 2.91. The van der Waals surface area contributed by atoms with E-state index in [1.807, 2.05) is 0 Å². The van der Waals surface area contributed by atoms with E-state index >= 15 is 0 Å². The van der Waals surface area contributed by atoms with Crippen molar-refractivity contribution in [2.24, 2.45) is 0 Å². The molecule has 76 valence electrons. The molecule has 2 nitrogen and oxygen atoms in total. The third-order valence-corrected chi connectivity index (χ3v) is 2.28. The molecule has 0 atom stereocenters. The van der Waals surface area contributed by atoms with Gasteiger partial charge in [0, 0.05) is 17.9 Å². The molecule has 0 saturated carbocycles. The van der Waals surface area contributed by atoms with E-state index in [4.69, 9.17) is 27.9 Å². The zero-order chi connectivity index (χ0) is 10.6. The summed E-state index contributed by atoms with van der Waals surface area (Å²) >= 11 is 11.3. The first-order valence-electron chi connectivity index (χ1n) is 4.11. The van der Waals surface area contributed by atoms with Crippen molar-refractivity contribution in [3.8, 4) is 5.75 Å². The number of hydrogen-bond acceptors (Lipinski definition) is 2. The fraction of sp³-hybridized carbons (Fsp3) is 0.300. The van der Waals surface area contributed by atoms with Crippen molar-refractivity contribution in [3.05, 3.63) is 28.8 Å². The molecule has 0 N–H and O–H groups in total. The van der Waals surface area contributed by atoms with Gasteiger partial charge in [-0.15, -0.1) is 11.6 Å². The Kier molecular flexibility index (Phi) is 4.23. The SMILES string of the molecule is COc1ccc(C(=O)CCCl)cc1Cl. The number of halogens is 2. The van der Waals surface area contributed by atoms with Crippen molar-refractivity contribution in [1.29, 1.82) is 0 Å². The van der Waals surface area contributed by atoms with Crippen molar-refractivity contribution in [2.45, 2.75) is 6.42 Å². The van der Waals surface area contributed by atoms with E-state index in [0.29, 0.717) is 28.6 Å². The van der Waals surface area contributed by atoms with E-state index in [1.54, 1.807) is 18.2 Å². The Labute approximate surface area is 92.8 Å². The Morgan fingerprint density at radius 3 is 2.71 bits per heavy atom. The minimum Gasteiger partial charge on any atom is -0.495 e. The molecule has 0 bridgehead atoms. The van der Waals surface area contributed by atoms with Crippen molar-refractivity contribution >= 4 is 29.0 Å². The molecule has 0 aromatic heterocycles. The number of ketones is 1. The van der Waals surface area contributed by atoms with Crippen LogP contribution in [0.2, 0.25) is 5.02 Å². The highest BCUT2D eigenvalue weighted by Gasteiger charge is 2.08. The van der Waals surface area contributed by atoms with Crippen molar-refractivity contribution in [3.63, 3.8) is 0 Å². The Morgan fingerprint density at radius 1 is 1.50 bits per heavy atom. The molecular weight excluding hydrogens is 223 g/mol. The molecule has 0 spiro atoms. The predicted molar refractivity (Wildman–Crippen MR) is 57.7 cm³/mol. The van der Waals surface area contributed by atoms with Crippen LogP contribution in [0.3, 0.4) is 0 Å². The maximum absolute atomic E-state index is 11.4. The molecule has 1 aromatic rings. The molecule has 0 aliphatic rings. The molecular formula is C10H10Cl2O2. The summed E-state index contributed by atoms with van der Waals surface area (Å²) in [6.07, 6.45) is 0.324. The van der Waals surface area contributed by atoms with Crippen molar-refractivity contribution in [2.75, 3.05) is 13.0 Å².